The summed E-state index contributed by atoms with van der Waals surface area (Å²) in [7, 11) is 0. The number of rotatable bonds is 7. The van der Waals surface area contributed by atoms with Gasteiger partial charge in [0.05, 0.1) is 5.69 Å². The number of amides is 1. The molecule has 0 bridgehead atoms. The van der Waals surface area contributed by atoms with Crippen molar-refractivity contribution in [2.75, 3.05) is 37.6 Å². The Bertz CT molecular complexity index is 900. The predicted octanol–water partition coefficient (Wildman–Crippen LogP) is 3.71. The number of anilines is 1. The lowest BCUT2D eigenvalue weighted by molar-refractivity contribution is -0.168. The van der Waals surface area contributed by atoms with Gasteiger partial charge < -0.3 is 15.4 Å². The summed E-state index contributed by atoms with van der Waals surface area (Å²) >= 11 is 0. The third-order valence-corrected chi connectivity index (χ3v) is 7.62. The molecule has 1 aromatic carbocycles. The van der Waals surface area contributed by atoms with Crippen molar-refractivity contribution in [3.05, 3.63) is 41.2 Å². The molecule has 4 rings (SSSR count). The standard InChI is InChI=1S/C26H36FN3O3/c1-19-6-7-23(22(27)18-19)30-16-14-29(15-17-30)13-10-20-8-11-26(12-9-20,25(28)32)33-24(31)21-4-2-3-5-21/h4,6-7,18,20H,2-3,5,8-17H2,1H3,(H2,28,32). The van der Waals surface area contributed by atoms with Gasteiger partial charge in [-0.25, -0.2) is 9.18 Å². The highest BCUT2D eigenvalue weighted by Gasteiger charge is 2.44. The number of hydrogen-bond donors (Lipinski definition) is 1. The molecule has 7 heteroatoms. The zero-order chi connectivity index (χ0) is 23.4. The van der Waals surface area contributed by atoms with Crippen LogP contribution in [0.5, 0.6) is 0 Å². The van der Waals surface area contributed by atoms with Crippen LogP contribution >= 0.6 is 0 Å². The van der Waals surface area contributed by atoms with Crippen molar-refractivity contribution in [1.29, 1.82) is 0 Å². The van der Waals surface area contributed by atoms with Crippen molar-refractivity contribution in [3.8, 4) is 0 Å². The number of ether oxygens (including phenoxy) is 1. The number of aryl methyl sites for hydroxylation is 1. The smallest absolute Gasteiger partial charge is 0.334 e. The Morgan fingerprint density at radius 3 is 2.52 bits per heavy atom. The zero-order valence-electron chi connectivity index (χ0n) is 19.7. The second-order valence-electron chi connectivity index (χ2n) is 9.89. The number of nitrogens with zero attached hydrogens (tertiary/aromatic N) is 2. The van der Waals surface area contributed by atoms with Crippen LogP contribution in [0.4, 0.5) is 10.1 Å². The van der Waals surface area contributed by atoms with Crippen LogP contribution in [-0.2, 0) is 14.3 Å². The molecule has 3 aliphatic rings. The van der Waals surface area contributed by atoms with Crippen LogP contribution < -0.4 is 10.6 Å². The molecule has 0 unspecified atom stereocenters. The predicted molar refractivity (Wildman–Crippen MR) is 126 cm³/mol. The SMILES string of the molecule is Cc1ccc(N2CCN(CCC3CCC(OC(=O)C4=CCCC4)(C(N)=O)CC3)CC2)c(F)c1. The number of nitrogens with two attached hydrogens (primary N) is 1. The van der Waals surface area contributed by atoms with Crippen LogP contribution in [0.25, 0.3) is 0 Å². The number of piperazine rings is 1. The monoisotopic (exact) mass is 457 g/mol. The van der Waals surface area contributed by atoms with Gasteiger partial charge in [0.15, 0.2) is 5.60 Å². The maximum atomic E-state index is 14.3. The summed E-state index contributed by atoms with van der Waals surface area (Å²) in [5.74, 6) is -0.539. The molecule has 0 radical (unpaired) electrons. The molecular weight excluding hydrogens is 421 g/mol. The highest BCUT2D eigenvalue weighted by molar-refractivity contribution is 5.93. The van der Waals surface area contributed by atoms with Crippen molar-refractivity contribution in [1.82, 2.24) is 4.90 Å². The van der Waals surface area contributed by atoms with Crippen molar-refractivity contribution in [2.45, 2.75) is 63.9 Å². The minimum Gasteiger partial charge on any atom is -0.446 e. The van der Waals surface area contributed by atoms with Gasteiger partial charge in [-0.15, -0.1) is 0 Å². The lowest BCUT2D eigenvalue weighted by Gasteiger charge is -2.39. The van der Waals surface area contributed by atoms with Gasteiger partial charge in [-0.3, -0.25) is 9.69 Å². The molecule has 2 aliphatic carbocycles. The summed E-state index contributed by atoms with van der Waals surface area (Å²) in [5.41, 5.74) is 6.85. The topological polar surface area (TPSA) is 75.9 Å². The van der Waals surface area contributed by atoms with E-state index in [9.17, 15) is 14.0 Å². The van der Waals surface area contributed by atoms with Crippen molar-refractivity contribution < 1.29 is 18.7 Å². The second kappa shape index (κ2) is 10.2. The van der Waals surface area contributed by atoms with Crippen LogP contribution in [0.1, 0.15) is 56.9 Å². The third kappa shape index (κ3) is 5.57. The largest absolute Gasteiger partial charge is 0.446 e. The van der Waals surface area contributed by atoms with E-state index in [2.05, 4.69) is 9.80 Å². The van der Waals surface area contributed by atoms with E-state index in [1.165, 1.54) is 0 Å². The molecule has 1 amide bonds. The normalized spacial score (nSPS) is 26.2. The van der Waals surface area contributed by atoms with Gasteiger partial charge in [0, 0.05) is 31.8 Å². The summed E-state index contributed by atoms with van der Waals surface area (Å²) in [5, 5.41) is 0. The fourth-order valence-corrected chi connectivity index (χ4v) is 5.38. The Morgan fingerprint density at radius 1 is 1.18 bits per heavy atom. The Hall–Kier alpha value is -2.41. The molecule has 180 valence electrons. The molecule has 1 aromatic rings. The van der Waals surface area contributed by atoms with Crippen LogP contribution in [-0.4, -0.2) is 55.1 Å². The number of benzene rings is 1. The first-order valence-corrected chi connectivity index (χ1v) is 12.3. The van der Waals surface area contributed by atoms with Crippen LogP contribution in [0.3, 0.4) is 0 Å². The average Bonchev–Trinajstić information content (AvgIpc) is 3.34. The summed E-state index contributed by atoms with van der Waals surface area (Å²) < 4.78 is 20.0. The van der Waals surface area contributed by atoms with E-state index in [4.69, 9.17) is 10.5 Å². The fourth-order valence-electron chi connectivity index (χ4n) is 5.38. The zero-order valence-corrected chi connectivity index (χ0v) is 19.7. The summed E-state index contributed by atoms with van der Waals surface area (Å²) in [4.78, 5) is 29.2. The summed E-state index contributed by atoms with van der Waals surface area (Å²) in [6, 6.07) is 5.43. The van der Waals surface area contributed by atoms with Crippen molar-refractivity contribution in [2.24, 2.45) is 11.7 Å². The Morgan fingerprint density at radius 2 is 1.91 bits per heavy atom. The molecule has 1 saturated carbocycles. The first-order chi connectivity index (χ1) is 15.9. The molecule has 6 nitrogen and oxygen atoms in total. The van der Waals surface area contributed by atoms with Gasteiger partial charge in [-0.05, 0) is 88.4 Å². The van der Waals surface area contributed by atoms with Crippen LogP contribution in [0.2, 0.25) is 0 Å². The molecule has 0 atom stereocenters. The van der Waals surface area contributed by atoms with Crippen molar-refractivity contribution in [3.63, 3.8) is 0 Å². The van der Waals surface area contributed by atoms with E-state index in [1.54, 1.807) is 6.07 Å². The van der Waals surface area contributed by atoms with E-state index in [1.807, 2.05) is 25.1 Å². The number of carbonyl (C=O) groups is 2. The number of primary amides is 1. The summed E-state index contributed by atoms with van der Waals surface area (Å²) in [6.07, 6.45) is 8.23. The van der Waals surface area contributed by atoms with Gasteiger partial charge >= 0.3 is 5.97 Å². The number of hydrogen-bond acceptors (Lipinski definition) is 5. The van der Waals surface area contributed by atoms with E-state index >= 15 is 0 Å². The van der Waals surface area contributed by atoms with Gasteiger partial charge in [0.25, 0.3) is 5.91 Å². The molecule has 2 fully saturated rings. The minimum atomic E-state index is -1.15. The Balaban J connectivity index is 1.22. The van der Waals surface area contributed by atoms with E-state index in [0.717, 1.165) is 76.8 Å². The first-order valence-electron chi connectivity index (χ1n) is 12.3. The fraction of sp³-hybridized carbons (Fsp3) is 0.615. The number of halogens is 1. The number of allylic oxidation sites excluding steroid dienone is 1. The van der Waals surface area contributed by atoms with E-state index in [-0.39, 0.29) is 11.8 Å². The molecular formula is C26H36FN3O3. The van der Waals surface area contributed by atoms with Gasteiger partial charge in [0.2, 0.25) is 0 Å². The highest BCUT2D eigenvalue weighted by atomic mass is 19.1. The van der Waals surface area contributed by atoms with E-state index < -0.39 is 11.5 Å². The van der Waals surface area contributed by atoms with Crippen LogP contribution in [0, 0.1) is 18.7 Å². The Kier molecular flexibility index (Phi) is 7.37. The molecule has 33 heavy (non-hydrogen) atoms. The van der Waals surface area contributed by atoms with Gasteiger partial charge in [-0.2, -0.15) is 0 Å². The minimum absolute atomic E-state index is 0.145. The summed E-state index contributed by atoms with van der Waals surface area (Å²) in [6.45, 7) is 6.37. The average molecular weight is 458 g/mol. The lowest BCUT2D eigenvalue weighted by atomic mass is 9.77. The molecule has 0 spiro atoms. The van der Waals surface area contributed by atoms with Gasteiger partial charge in [0.1, 0.15) is 5.82 Å². The molecule has 2 N–H and O–H groups in total. The first kappa shape index (κ1) is 23.7. The number of carbonyl (C=O) groups excluding carboxylic acids is 2. The third-order valence-electron chi connectivity index (χ3n) is 7.62. The highest BCUT2D eigenvalue weighted by Crippen LogP contribution is 2.37. The number of esters is 1. The Labute approximate surface area is 195 Å². The van der Waals surface area contributed by atoms with Gasteiger partial charge in [-0.1, -0.05) is 12.1 Å². The molecule has 0 aromatic heterocycles. The molecule has 1 aliphatic heterocycles. The quantitative estimate of drug-likeness (QED) is 0.632. The maximum Gasteiger partial charge on any atom is 0.334 e. The lowest BCUT2D eigenvalue weighted by Crippen LogP contribution is -2.50. The van der Waals surface area contributed by atoms with Crippen molar-refractivity contribution >= 4 is 17.6 Å². The van der Waals surface area contributed by atoms with E-state index in [0.29, 0.717) is 30.0 Å². The molecule has 1 heterocycles. The molecule has 1 saturated heterocycles. The second-order valence-corrected chi connectivity index (χ2v) is 9.89. The maximum absolute atomic E-state index is 14.3. The van der Waals surface area contributed by atoms with Crippen LogP contribution in [0.15, 0.2) is 29.8 Å².